The molecule has 0 spiro atoms. The van der Waals surface area contributed by atoms with E-state index in [1.807, 2.05) is 49.4 Å². The van der Waals surface area contributed by atoms with E-state index in [2.05, 4.69) is 46.4 Å². The highest BCUT2D eigenvalue weighted by Gasteiger charge is 2.30. The maximum absolute atomic E-state index is 13.3. The predicted molar refractivity (Wildman–Crippen MR) is 129 cm³/mol. The van der Waals surface area contributed by atoms with Gasteiger partial charge in [0.15, 0.2) is 0 Å². The van der Waals surface area contributed by atoms with E-state index in [0.29, 0.717) is 6.42 Å². The van der Waals surface area contributed by atoms with Crippen LogP contribution in [0.3, 0.4) is 0 Å². The van der Waals surface area contributed by atoms with Crippen molar-refractivity contribution in [2.24, 2.45) is 0 Å². The van der Waals surface area contributed by atoms with Crippen molar-refractivity contribution in [3.8, 4) is 0 Å². The van der Waals surface area contributed by atoms with Gasteiger partial charge in [0.05, 0.1) is 6.04 Å². The van der Waals surface area contributed by atoms with Gasteiger partial charge in [-0.25, -0.2) is 5.43 Å². The number of amides is 2. The number of hydrogen-bond donors (Lipinski definition) is 3. The summed E-state index contributed by atoms with van der Waals surface area (Å²) in [6.45, 7) is 2.03. The second kappa shape index (κ2) is 10.9. The minimum absolute atomic E-state index is 0.0842. The van der Waals surface area contributed by atoms with Crippen LogP contribution in [-0.4, -0.2) is 50.0 Å². The van der Waals surface area contributed by atoms with Crippen LogP contribution in [0.1, 0.15) is 24.0 Å². The van der Waals surface area contributed by atoms with E-state index >= 15 is 0 Å². The Morgan fingerprint density at radius 3 is 2.22 bits per heavy atom. The standard InChI is InChI=1S/C26H32N4O2/c1-18(21-15-14-20-12-8-9-13-22(20)17-21)24(27-2)25(31)29-23(26(32)30(4)28-3)16-19-10-6-5-7-11-19/h5-15,17-18,23-24,27-28H,16H2,1-4H3,(H,29,31). The number of benzene rings is 3. The molecule has 3 N–H and O–H groups in total. The van der Waals surface area contributed by atoms with E-state index < -0.39 is 12.1 Å². The predicted octanol–water partition coefficient (Wildman–Crippen LogP) is 2.85. The van der Waals surface area contributed by atoms with Gasteiger partial charge >= 0.3 is 0 Å². The average molecular weight is 433 g/mol. The molecule has 3 rings (SSSR count). The first kappa shape index (κ1) is 23.4. The van der Waals surface area contributed by atoms with Crippen molar-refractivity contribution in [1.29, 1.82) is 0 Å². The van der Waals surface area contributed by atoms with Crippen LogP contribution < -0.4 is 16.1 Å². The van der Waals surface area contributed by atoms with Gasteiger partial charge in [0.1, 0.15) is 6.04 Å². The lowest BCUT2D eigenvalue weighted by atomic mass is 9.90. The lowest BCUT2D eigenvalue weighted by Gasteiger charge is -2.28. The third-order valence-corrected chi connectivity index (χ3v) is 5.96. The Labute approximate surface area is 190 Å². The van der Waals surface area contributed by atoms with E-state index in [-0.39, 0.29) is 17.7 Å². The summed E-state index contributed by atoms with van der Waals surface area (Å²) in [5.74, 6) is -0.482. The second-order valence-electron chi connectivity index (χ2n) is 8.03. The smallest absolute Gasteiger partial charge is 0.259 e. The van der Waals surface area contributed by atoms with Crippen LogP contribution in [-0.2, 0) is 16.0 Å². The van der Waals surface area contributed by atoms with Crippen LogP contribution in [0.5, 0.6) is 0 Å². The van der Waals surface area contributed by atoms with Gasteiger partial charge in [0.25, 0.3) is 5.91 Å². The number of nitrogens with one attached hydrogen (secondary N) is 3. The molecule has 3 aromatic carbocycles. The van der Waals surface area contributed by atoms with Gasteiger partial charge < -0.3 is 10.6 Å². The van der Waals surface area contributed by atoms with Crippen molar-refractivity contribution in [3.63, 3.8) is 0 Å². The summed E-state index contributed by atoms with van der Waals surface area (Å²) in [4.78, 5) is 26.2. The number of carbonyl (C=O) groups is 2. The Kier molecular flexibility index (Phi) is 7.98. The van der Waals surface area contributed by atoms with Gasteiger partial charge in [-0.3, -0.25) is 14.6 Å². The number of likely N-dealkylation sites (N-methyl/N-ethyl adjacent to an activating group) is 2. The molecule has 3 atom stereocenters. The summed E-state index contributed by atoms with van der Waals surface area (Å²) in [6.07, 6.45) is 0.415. The number of rotatable bonds is 9. The van der Waals surface area contributed by atoms with Crippen LogP contribution in [0.25, 0.3) is 10.8 Å². The minimum Gasteiger partial charge on any atom is -0.343 e. The van der Waals surface area contributed by atoms with Gasteiger partial charge in [-0.05, 0) is 28.9 Å². The highest BCUT2D eigenvalue weighted by molar-refractivity contribution is 5.90. The summed E-state index contributed by atoms with van der Waals surface area (Å²) >= 11 is 0. The zero-order valence-electron chi connectivity index (χ0n) is 19.1. The molecule has 3 aromatic rings. The van der Waals surface area contributed by atoms with Gasteiger partial charge in [0.2, 0.25) is 5.91 Å². The summed E-state index contributed by atoms with van der Waals surface area (Å²) in [5, 5.41) is 9.83. The molecule has 3 unspecified atom stereocenters. The molecule has 0 saturated heterocycles. The van der Waals surface area contributed by atoms with Crippen LogP contribution in [0.2, 0.25) is 0 Å². The number of nitrogens with zero attached hydrogens (tertiary/aromatic N) is 1. The molecule has 6 heteroatoms. The molecule has 0 aliphatic carbocycles. The van der Waals surface area contributed by atoms with E-state index in [4.69, 9.17) is 0 Å². The lowest BCUT2D eigenvalue weighted by molar-refractivity contribution is -0.137. The van der Waals surface area contributed by atoms with Crippen molar-refractivity contribution in [2.45, 2.75) is 31.3 Å². The van der Waals surface area contributed by atoms with Crippen LogP contribution in [0.4, 0.5) is 0 Å². The van der Waals surface area contributed by atoms with Crippen molar-refractivity contribution in [3.05, 3.63) is 83.9 Å². The molecule has 32 heavy (non-hydrogen) atoms. The van der Waals surface area contributed by atoms with Crippen molar-refractivity contribution in [1.82, 2.24) is 21.1 Å². The van der Waals surface area contributed by atoms with Crippen LogP contribution in [0, 0.1) is 0 Å². The number of fused-ring (bicyclic) bond motifs is 1. The quantitative estimate of drug-likeness (QED) is 0.455. The zero-order valence-corrected chi connectivity index (χ0v) is 19.1. The number of hydrogen-bond acceptors (Lipinski definition) is 4. The Morgan fingerprint density at radius 1 is 0.906 bits per heavy atom. The Bertz CT molecular complexity index is 1050. The summed E-state index contributed by atoms with van der Waals surface area (Å²) in [5.41, 5.74) is 4.88. The van der Waals surface area contributed by atoms with Gasteiger partial charge in [-0.2, -0.15) is 0 Å². The molecule has 0 fully saturated rings. The molecular formula is C26H32N4O2. The maximum atomic E-state index is 13.3. The maximum Gasteiger partial charge on any atom is 0.259 e. The first-order valence-electron chi connectivity index (χ1n) is 10.9. The molecule has 0 radical (unpaired) electrons. The zero-order chi connectivity index (χ0) is 23.1. The average Bonchev–Trinajstić information content (AvgIpc) is 2.83. The highest BCUT2D eigenvalue weighted by atomic mass is 16.2. The Balaban J connectivity index is 1.80. The van der Waals surface area contributed by atoms with E-state index in [1.54, 1.807) is 21.1 Å². The van der Waals surface area contributed by atoms with Crippen molar-refractivity contribution >= 4 is 22.6 Å². The fourth-order valence-electron chi connectivity index (χ4n) is 3.95. The lowest BCUT2D eigenvalue weighted by Crippen LogP contribution is -2.56. The van der Waals surface area contributed by atoms with Crippen molar-refractivity contribution < 1.29 is 9.59 Å². The van der Waals surface area contributed by atoms with Gasteiger partial charge in [-0.1, -0.05) is 79.7 Å². The number of carbonyl (C=O) groups excluding carboxylic acids is 2. The van der Waals surface area contributed by atoms with E-state index in [1.165, 1.54) is 5.01 Å². The largest absolute Gasteiger partial charge is 0.343 e. The fourth-order valence-corrected chi connectivity index (χ4v) is 3.95. The normalized spacial score (nSPS) is 13.9. The Morgan fingerprint density at radius 2 is 1.56 bits per heavy atom. The molecule has 0 bridgehead atoms. The Hall–Kier alpha value is -3.22. The van der Waals surface area contributed by atoms with E-state index in [0.717, 1.165) is 21.9 Å². The molecule has 0 aliphatic heterocycles. The van der Waals surface area contributed by atoms with Crippen LogP contribution in [0.15, 0.2) is 72.8 Å². The number of hydrazine groups is 1. The summed E-state index contributed by atoms with van der Waals surface area (Å²) in [7, 11) is 5.10. The first-order valence-corrected chi connectivity index (χ1v) is 10.9. The minimum atomic E-state index is -0.679. The topological polar surface area (TPSA) is 73.5 Å². The third-order valence-electron chi connectivity index (χ3n) is 5.96. The third kappa shape index (κ3) is 5.52. The van der Waals surface area contributed by atoms with Crippen LogP contribution >= 0.6 is 0 Å². The highest BCUT2D eigenvalue weighted by Crippen LogP contribution is 2.24. The van der Waals surface area contributed by atoms with Crippen molar-refractivity contribution in [2.75, 3.05) is 21.1 Å². The first-order chi connectivity index (χ1) is 15.4. The SMILES string of the molecule is CNC(C(=O)NC(Cc1ccccc1)C(=O)N(C)NC)C(C)c1ccc2ccccc2c1. The molecule has 6 nitrogen and oxygen atoms in total. The van der Waals surface area contributed by atoms with E-state index in [9.17, 15) is 9.59 Å². The molecule has 0 aromatic heterocycles. The summed E-state index contributed by atoms with van der Waals surface area (Å²) in [6, 6.07) is 23.0. The molecule has 0 saturated carbocycles. The van der Waals surface area contributed by atoms with Gasteiger partial charge in [-0.15, -0.1) is 0 Å². The molecule has 0 aliphatic rings. The van der Waals surface area contributed by atoms with Gasteiger partial charge in [0, 0.05) is 26.4 Å². The molecule has 0 heterocycles. The second-order valence-corrected chi connectivity index (χ2v) is 8.03. The fraction of sp³-hybridized carbons (Fsp3) is 0.308. The molecule has 2 amide bonds. The molecular weight excluding hydrogens is 400 g/mol. The monoisotopic (exact) mass is 432 g/mol. The summed E-state index contributed by atoms with van der Waals surface area (Å²) < 4.78 is 0. The molecule has 168 valence electrons.